The van der Waals surface area contributed by atoms with Crippen molar-refractivity contribution in [2.75, 3.05) is 34.5 Å². The molecule has 0 bridgehead atoms. The van der Waals surface area contributed by atoms with Crippen molar-refractivity contribution in [3.8, 4) is 17.2 Å². The number of ether oxygens (including phenoxy) is 4. The van der Waals surface area contributed by atoms with Crippen molar-refractivity contribution >= 4 is 22.8 Å². The predicted octanol–water partition coefficient (Wildman–Crippen LogP) is 3.52. The largest absolute Gasteiger partial charge is 0.497 e. The van der Waals surface area contributed by atoms with E-state index < -0.39 is 6.04 Å². The van der Waals surface area contributed by atoms with Crippen molar-refractivity contribution in [1.82, 2.24) is 25.2 Å². The van der Waals surface area contributed by atoms with Crippen molar-refractivity contribution in [3.05, 3.63) is 77.9 Å². The molecule has 2 amide bonds. The summed E-state index contributed by atoms with van der Waals surface area (Å²) in [6, 6.07) is 19.0. The second kappa shape index (κ2) is 13.3. The van der Waals surface area contributed by atoms with Crippen LogP contribution in [0.2, 0.25) is 0 Å². The van der Waals surface area contributed by atoms with Crippen molar-refractivity contribution < 1.29 is 28.5 Å². The van der Waals surface area contributed by atoms with Crippen molar-refractivity contribution in [2.45, 2.75) is 38.1 Å². The van der Waals surface area contributed by atoms with Crippen molar-refractivity contribution in [3.63, 3.8) is 0 Å². The van der Waals surface area contributed by atoms with Gasteiger partial charge in [-0.25, -0.2) is 4.68 Å². The lowest BCUT2D eigenvalue weighted by atomic mass is 10.0. The van der Waals surface area contributed by atoms with E-state index in [2.05, 4.69) is 15.6 Å². The molecule has 2 heterocycles. The molecular weight excluding hydrogens is 538 g/mol. The number of amides is 2. The molecule has 1 aliphatic rings. The first-order valence-electron chi connectivity index (χ1n) is 13.8. The van der Waals surface area contributed by atoms with Gasteiger partial charge in [-0.2, -0.15) is 0 Å². The van der Waals surface area contributed by atoms with Crippen LogP contribution in [0.15, 0.2) is 66.7 Å². The number of nitrogens with zero attached hydrogens (tertiary/aromatic N) is 4. The monoisotopic (exact) mass is 573 g/mol. The number of hydrogen-bond donors (Lipinski definition) is 1. The highest BCUT2D eigenvalue weighted by Crippen LogP contribution is 2.38. The smallest absolute Gasteiger partial charge is 0.247 e. The maximum Gasteiger partial charge on any atom is 0.247 e. The van der Waals surface area contributed by atoms with E-state index in [1.165, 1.54) is 14.2 Å². The molecule has 0 spiro atoms. The second-order valence-electron chi connectivity index (χ2n) is 9.97. The van der Waals surface area contributed by atoms with E-state index in [0.717, 1.165) is 18.4 Å². The first-order chi connectivity index (χ1) is 20.5. The molecule has 0 aliphatic carbocycles. The summed E-state index contributed by atoms with van der Waals surface area (Å²) in [6.07, 6.45) is 1.73. The molecule has 4 aromatic rings. The summed E-state index contributed by atoms with van der Waals surface area (Å²) < 4.78 is 23.9. The zero-order chi connectivity index (χ0) is 29.5. The molecule has 0 saturated carbocycles. The van der Waals surface area contributed by atoms with Crippen LogP contribution in [0.5, 0.6) is 17.2 Å². The Bertz CT molecular complexity index is 1520. The van der Waals surface area contributed by atoms with E-state index in [-0.39, 0.29) is 31.0 Å². The van der Waals surface area contributed by atoms with Crippen LogP contribution in [0.25, 0.3) is 11.0 Å². The average molecular weight is 574 g/mol. The van der Waals surface area contributed by atoms with Gasteiger partial charge in [-0.05, 0) is 48.7 Å². The van der Waals surface area contributed by atoms with Crippen LogP contribution < -0.4 is 19.5 Å². The predicted molar refractivity (Wildman–Crippen MR) is 155 cm³/mol. The Morgan fingerprint density at radius 1 is 1.02 bits per heavy atom. The number of carbonyl (C=O) groups is 2. The fraction of sp³-hybridized carbons (Fsp3) is 0.355. The highest BCUT2D eigenvalue weighted by Gasteiger charge is 2.35. The summed E-state index contributed by atoms with van der Waals surface area (Å²) in [7, 11) is 4.64. The molecule has 1 aromatic heterocycles. The van der Waals surface area contributed by atoms with Crippen LogP contribution in [0.1, 0.15) is 30.0 Å². The van der Waals surface area contributed by atoms with Crippen LogP contribution >= 0.6 is 0 Å². The Hall–Kier alpha value is -4.64. The molecule has 5 rings (SSSR count). The normalized spacial score (nSPS) is 15.3. The van der Waals surface area contributed by atoms with Gasteiger partial charge in [0, 0.05) is 25.3 Å². The molecule has 0 radical (unpaired) electrons. The van der Waals surface area contributed by atoms with E-state index in [1.54, 1.807) is 34.9 Å². The number of rotatable bonds is 12. The standard InChI is InChI=1S/C31H35N5O6/c1-39-22-15-13-21(14-16-22)19-35(28(37)20-36-26-11-5-4-10-25(26)33-34-36)29(31(38)32-18-23-8-7-17-42-23)24-9-6-12-27(40-2)30(24)41-3/h4-6,9-16,23,29H,7-8,17-20H2,1-3H3,(H,32,38)/t23-,29+/m0/s1. The van der Waals surface area contributed by atoms with Crippen LogP contribution in [0.4, 0.5) is 0 Å². The van der Waals surface area contributed by atoms with E-state index in [4.69, 9.17) is 18.9 Å². The third-order valence-corrected chi connectivity index (χ3v) is 7.35. The lowest BCUT2D eigenvalue weighted by Gasteiger charge is -2.33. The van der Waals surface area contributed by atoms with E-state index in [0.29, 0.717) is 47.0 Å². The first kappa shape index (κ1) is 28.9. The van der Waals surface area contributed by atoms with Crippen molar-refractivity contribution in [2.24, 2.45) is 0 Å². The number of aromatic nitrogens is 3. The average Bonchev–Trinajstić information content (AvgIpc) is 3.70. The summed E-state index contributed by atoms with van der Waals surface area (Å²) >= 11 is 0. The van der Waals surface area contributed by atoms with Gasteiger partial charge in [0.1, 0.15) is 23.9 Å². The van der Waals surface area contributed by atoms with Gasteiger partial charge in [-0.1, -0.05) is 41.6 Å². The zero-order valence-corrected chi connectivity index (χ0v) is 24.0. The summed E-state index contributed by atoms with van der Waals surface area (Å²) in [5, 5.41) is 11.4. The van der Waals surface area contributed by atoms with Gasteiger partial charge >= 0.3 is 0 Å². The SMILES string of the molecule is COc1ccc(CN(C(=O)Cn2nnc3ccccc32)[C@@H](C(=O)NC[C@@H]2CCCO2)c2cccc(OC)c2OC)cc1. The number of hydrogen-bond acceptors (Lipinski definition) is 8. The molecule has 1 fully saturated rings. The molecule has 0 unspecified atom stereocenters. The lowest BCUT2D eigenvalue weighted by molar-refractivity contribution is -0.142. The molecule has 2 atom stereocenters. The molecule has 1 saturated heterocycles. The minimum atomic E-state index is -1.05. The van der Waals surface area contributed by atoms with E-state index in [9.17, 15) is 9.59 Å². The molecule has 42 heavy (non-hydrogen) atoms. The highest BCUT2D eigenvalue weighted by molar-refractivity contribution is 5.90. The molecule has 3 aromatic carbocycles. The number of nitrogens with one attached hydrogen (secondary N) is 1. The first-order valence-corrected chi connectivity index (χ1v) is 13.8. The minimum absolute atomic E-state index is 0.0749. The fourth-order valence-electron chi connectivity index (χ4n) is 5.20. The van der Waals surface area contributed by atoms with Gasteiger partial charge in [0.15, 0.2) is 11.5 Å². The number of benzene rings is 3. The molecule has 1 aliphatic heterocycles. The van der Waals surface area contributed by atoms with Crippen LogP contribution in [0.3, 0.4) is 0 Å². The van der Waals surface area contributed by atoms with Gasteiger partial charge in [-0.3, -0.25) is 9.59 Å². The Morgan fingerprint density at radius 3 is 2.55 bits per heavy atom. The maximum absolute atomic E-state index is 14.3. The van der Waals surface area contributed by atoms with Gasteiger partial charge in [0.25, 0.3) is 0 Å². The van der Waals surface area contributed by atoms with Gasteiger partial charge in [0.2, 0.25) is 11.8 Å². The van der Waals surface area contributed by atoms with Crippen LogP contribution in [0, 0.1) is 0 Å². The summed E-state index contributed by atoms with van der Waals surface area (Å²) in [4.78, 5) is 29.9. The maximum atomic E-state index is 14.3. The van der Waals surface area contributed by atoms with E-state index in [1.807, 2.05) is 48.5 Å². The zero-order valence-electron chi connectivity index (χ0n) is 24.0. The van der Waals surface area contributed by atoms with Crippen LogP contribution in [-0.2, 0) is 27.4 Å². The van der Waals surface area contributed by atoms with Crippen LogP contribution in [-0.4, -0.2) is 72.3 Å². The van der Waals surface area contributed by atoms with Gasteiger partial charge < -0.3 is 29.2 Å². The van der Waals surface area contributed by atoms with Gasteiger partial charge in [-0.15, -0.1) is 5.10 Å². The lowest BCUT2D eigenvalue weighted by Crippen LogP contribution is -2.46. The third kappa shape index (κ3) is 6.31. The Morgan fingerprint density at radius 2 is 1.83 bits per heavy atom. The molecular formula is C31H35N5O6. The second-order valence-corrected chi connectivity index (χ2v) is 9.97. The number of methoxy groups -OCH3 is 3. The summed E-state index contributed by atoms with van der Waals surface area (Å²) in [5.41, 5.74) is 2.69. The van der Waals surface area contributed by atoms with Crippen molar-refractivity contribution in [1.29, 1.82) is 0 Å². The van der Waals surface area contributed by atoms with E-state index >= 15 is 0 Å². The third-order valence-electron chi connectivity index (χ3n) is 7.35. The molecule has 11 nitrogen and oxygen atoms in total. The molecule has 220 valence electrons. The number of carbonyl (C=O) groups excluding carboxylic acids is 2. The summed E-state index contributed by atoms with van der Waals surface area (Å²) in [6.45, 7) is 1.01. The molecule has 11 heteroatoms. The molecule has 1 N–H and O–H groups in total. The quantitative estimate of drug-likeness (QED) is 0.274. The fourth-order valence-corrected chi connectivity index (χ4v) is 5.20. The Balaban J connectivity index is 1.56. The Kier molecular flexibility index (Phi) is 9.18. The van der Waals surface area contributed by atoms with Gasteiger partial charge in [0.05, 0.1) is 33.0 Å². The number of fused-ring (bicyclic) bond motifs is 1. The topological polar surface area (TPSA) is 117 Å². The summed E-state index contributed by atoms with van der Waals surface area (Å²) in [5.74, 6) is 0.819. The number of para-hydroxylation sites is 2. The minimum Gasteiger partial charge on any atom is -0.497 e. The Labute approximate surface area is 244 Å². The highest BCUT2D eigenvalue weighted by atomic mass is 16.5.